The average Bonchev–Trinajstić information content (AvgIpc) is 2.38. The van der Waals surface area contributed by atoms with Crippen LogP contribution < -0.4 is 75.5 Å². The molecule has 0 aromatic carbocycles. The van der Waals surface area contributed by atoms with Crippen molar-refractivity contribution in [1.29, 1.82) is 0 Å². The summed E-state index contributed by atoms with van der Waals surface area (Å²) < 4.78 is 0. The van der Waals surface area contributed by atoms with Crippen LogP contribution in [0.1, 0.15) is 15.7 Å². The molecule has 0 spiro atoms. The standard InChI is InChI=1S/C10H17N3O6S.2Na.2H2S.2H/c11-5(10(18)19)1-2-7(14)13-6(4-20)9(17)12-3-8(15)16;;;;;;/h5-6,20H,1-4,11H2,(H,12,17)(H,13,14)(H,15,16)(H,18,19);;;2*1H2;;/q;2*+1;;;2*-1/t5-,6-;;;;;;/m0....../s1. The molecule has 0 heterocycles. The third-order valence-electron chi connectivity index (χ3n) is 2.25. The fraction of sp³-hybridized carbons (Fsp3) is 0.600. The summed E-state index contributed by atoms with van der Waals surface area (Å²) in [6.07, 6.45) is -0.235. The Morgan fingerprint density at radius 2 is 1.62 bits per heavy atom. The number of hydrogen-bond acceptors (Lipinski definition) is 6. The molecule has 24 heavy (non-hydrogen) atoms. The van der Waals surface area contributed by atoms with E-state index in [2.05, 4.69) is 23.3 Å². The fourth-order valence-electron chi connectivity index (χ4n) is 1.16. The van der Waals surface area contributed by atoms with E-state index >= 15 is 0 Å². The Bertz CT molecular complexity index is 416. The summed E-state index contributed by atoms with van der Waals surface area (Å²) in [5.74, 6) is -3.70. The van der Waals surface area contributed by atoms with Crippen molar-refractivity contribution < 1.29 is 91.4 Å². The van der Waals surface area contributed by atoms with Crippen LogP contribution in [-0.4, -0.2) is 58.3 Å². The van der Waals surface area contributed by atoms with Gasteiger partial charge in [-0.15, -0.1) is 0 Å². The van der Waals surface area contributed by atoms with Crippen LogP contribution in [-0.2, 0) is 19.2 Å². The summed E-state index contributed by atoms with van der Waals surface area (Å²) in [6.45, 7) is -0.567. The zero-order valence-corrected chi connectivity index (χ0v) is 20.4. The van der Waals surface area contributed by atoms with Crippen molar-refractivity contribution in [2.45, 2.75) is 24.9 Å². The second kappa shape index (κ2) is 20.2. The van der Waals surface area contributed by atoms with Crippen molar-refractivity contribution in [3.05, 3.63) is 0 Å². The Balaban J connectivity index is -0.000000120. The van der Waals surface area contributed by atoms with Crippen molar-refractivity contribution in [2.75, 3.05) is 12.3 Å². The molecule has 6 N–H and O–H groups in total. The van der Waals surface area contributed by atoms with E-state index in [0.29, 0.717) is 0 Å². The molecule has 2 atom stereocenters. The van der Waals surface area contributed by atoms with Gasteiger partial charge in [-0.3, -0.25) is 19.2 Å². The van der Waals surface area contributed by atoms with E-state index in [9.17, 15) is 19.2 Å². The largest absolute Gasteiger partial charge is 1.00 e. The first-order chi connectivity index (χ1) is 9.27. The molecule has 0 rings (SSSR count). The van der Waals surface area contributed by atoms with Crippen LogP contribution >= 0.6 is 39.6 Å². The fourth-order valence-corrected chi connectivity index (χ4v) is 1.41. The molecule has 0 unspecified atom stereocenters. The molecule has 0 bridgehead atoms. The predicted octanol–water partition coefficient (Wildman–Crippen LogP) is -7.75. The van der Waals surface area contributed by atoms with E-state index in [1.807, 2.05) is 0 Å². The van der Waals surface area contributed by atoms with Gasteiger partial charge in [-0.05, 0) is 6.42 Å². The van der Waals surface area contributed by atoms with E-state index in [0.717, 1.165) is 0 Å². The van der Waals surface area contributed by atoms with Gasteiger partial charge in [0.1, 0.15) is 18.6 Å². The summed E-state index contributed by atoms with van der Waals surface area (Å²) in [4.78, 5) is 43.7. The number of aliphatic carboxylic acids is 2. The van der Waals surface area contributed by atoms with E-state index in [4.69, 9.17) is 15.9 Å². The minimum absolute atomic E-state index is 0. The molecular formula is C10H23N3Na2O6S3. The van der Waals surface area contributed by atoms with Crippen molar-refractivity contribution in [1.82, 2.24) is 10.6 Å². The first kappa shape index (κ1) is 35.9. The number of thiol groups is 1. The second-order valence-electron chi connectivity index (χ2n) is 3.90. The molecule has 0 aliphatic heterocycles. The molecule has 0 aliphatic rings. The van der Waals surface area contributed by atoms with Gasteiger partial charge < -0.3 is 29.4 Å². The summed E-state index contributed by atoms with van der Waals surface area (Å²) in [5, 5.41) is 21.4. The van der Waals surface area contributed by atoms with Gasteiger partial charge in [0.05, 0.1) is 0 Å². The van der Waals surface area contributed by atoms with E-state index in [1.54, 1.807) is 0 Å². The van der Waals surface area contributed by atoms with Crippen LogP contribution in [0.4, 0.5) is 0 Å². The maximum atomic E-state index is 11.5. The topological polar surface area (TPSA) is 159 Å². The van der Waals surface area contributed by atoms with E-state index < -0.39 is 42.4 Å². The van der Waals surface area contributed by atoms with Gasteiger partial charge in [0.15, 0.2) is 0 Å². The Morgan fingerprint density at radius 1 is 1.12 bits per heavy atom. The molecule has 0 fully saturated rings. The van der Waals surface area contributed by atoms with Gasteiger partial charge in [0.2, 0.25) is 11.8 Å². The maximum Gasteiger partial charge on any atom is 1.00 e. The summed E-state index contributed by atoms with van der Waals surface area (Å²) >= 11 is 3.87. The SMILES string of the molecule is N[C@@H](CCC(=O)N[C@@H](CS)C(=O)NCC(=O)O)C(=O)O.S.S.[H-].[H-].[Na+].[Na+]. The van der Waals surface area contributed by atoms with Gasteiger partial charge in [-0.25, -0.2) is 0 Å². The van der Waals surface area contributed by atoms with Crippen LogP contribution in [0, 0.1) is 0 Å². The zero-order chi connectivity index (χ0) is 15.7. The normalized spacial score (nSPS) is 10.9. The molecule has 134 valence electrons. The van der Waals surface area contributed by atoms with E-state index in [1.165, 1.54) is 0 Å². The average molecular weight is 423 g/mol. The summed E-state index contributed by atoms with van der Waals surface area (Å²) in [6, 6.07) is -2.15. The number of carboxylic acids is 2. The Hall–Kier alpha value is 0.890. The Labute approximate surface area is 206 Å². The molecule has 0 aromatic heterocycles. The summed E-state index contributed by atoms with van der Waals surface area (Å²) in [7, 11) is 0. The first-order valence-electron chi connectivity index (χ1n) is 5.66. The smallest absolute Gasteiger partial charge is 1.00 e. The number of nitrogens with two attached hydrogens (primary N) is 1. The maximum absolute atomic E-state index is 11.5. The zero-order valence-electron chi connectivity index (χ0n) is 15.5. The predicted molar refractivity (Wildman–Crippen MR) is 94.3 cm³/mol. The van der Waals surface area contributed by atoms with Crippen LogP contribution in [0.25, 0.3) is 0 Å². The number of nitrogens with one attached hydrogen (secondary N) is 2. The Morgan fingerprint density at radius 3 is 2.00 bits per heavy atom. The number of carboxylic acid groups (broad SMARTS) is 2. The Kier molecular flexibility index (Phi) is 30.2. The minimum Gasteiger partial charge on any atom is -1.00 e. The quantitative estimate of drug-likeness (QED) is 0.159. The third-order valence-corrected chi connectivity index (χ3v) is 2.61. The van der Waals surface area contributed by atoms with Gasteiger partial charge in [0.25, 0.3) is 0 Å². The van der Waals surface area contributed by atoms with Gasteiger partial charge >= 0.3 is 71.1 Å². The number of hydrogen-bond donors (Lipinski definition) is 6. The number of carbonyl (C=O) groups is 4. The van der Waals surface area contributed by atoms with Gasteiger partial charge in [0, 0.05) is 12.2 Å². The molecule has 14 heteroatoms. The molecule has 0 saturated carbocycles. The molecule has 0 aromatic rings. The van der Waals surface area contributed by atoms with Crippen LogP contribution in [0.3, 0.4) is 0 Å². The summed E-state index contributed by atoms with van der Waals surface area (Å²) in [5.41, 5.74) is 5.23. The van der Waals surface area contributed by atoms with Crippen LogP contribution in [0.2, 0.25) is 0 Å². The van der Waals surface area contributed by atoms with Crippen molar-refractivity contribution in [2.24, 2.45) is 5.73 Å². The molecular weight excluding hydrogens is 400 g/mol. The second-order valence-corrected chi connectivity index (χ2v) is 4.26. The molecule has 0 radical (unpaired) electrons. The number of rotatable bonds is 9. The number of amides is 2. The first-order valence-corrected chi connectivity index (χ1v) is 6.29. The van der Waals surface area contributed by atoms with E-state index in [-0.39, 0.29) is 108 Å². The molecule has 2 amide bonds. The molecule has 0 saturated heterocycles. The van der Waals surface area contributed by atoms with Gasteiger partial charge in [-0.2, -0.15) is 39.6 Å². The van der Waals surface area contributed by atoms with Crippen LogP contribution in [0.5, 0.6) is 0 Å². The molecule has 0 aliphatic carbocycles. The van der Waals surface area contributed by atoms with Crippen molar-refractivity contribution in [3.8, 4) is 0 Å². The third kappa shape index (κ3) is 17.7. The van der Waals surface area contributed by atoms with Gasteiger partial charge in [-0.1, -0.05) is 0 Å². The molecule has 9 nitrogen and oxygen atoms in total. The monoisotopic (exact) mass is 423 g/mol. The van der Waals surface area contributed by atoms with Crippen molar-refractivity contribution >= 4 is 63.4 Å². The van der Waals surface area contributed by atoms with Crippen molar-refractivity contribution in [3.63, 3.8) is 0 Å². The minimum atomic E-state index is -1.22. The van der Waals surface area contributed by atoms with Crippen LogP contribution in [0.15, 0.2) is 0 Å². The number of carbonyl (C=O) groups excluding carboxylic acids is 2.